The second-order valence-electron chi connectivity index (χ2n) is 7.16. The number of nitrogens with one attached hydrogen (secondary N) is 1. The minimum atomic E-state index is 0.0170. The first-order chi connectivity index (χ1) is 9.45. The lowest BCUT2D eigenvalue weighted by atomic mass is 9.81. The number of ether oxygens (including phenoxy) is 1. The molecule has 4 nitrogen and oxygen atoms in total. The maximum absolute atomic E-state index is 12.7. The van der Waals surface area contributed by atoms with Crippen LogP contribution in [0.3, 0.4) is 0 Å². The van der Waals surface area contributed by atoms with Gasteiger partial charge in [-0.15, -0.1) is 0 Å². The molecule has 1 N–H and O–H groups in total. The summed E-state index contributed by atoms with van der Waals surface area (Å²) in [6.07, 6.45) is 4.24. The summed E-state index contributed by atoms with van der Waals surface area (Å²) >= 11 is 0. The quantitative estimate of drug-likeness (QED) is 0.842. The monoisotopic (exact) mass is 282 g/mol. The minimum Gasteiger partial charge on any atom is -0.381 e. The molecule has 0 aliphatic carbocycles. The first kappa shape index (κ1) is 15.8. The molecule has 0 spiro atoms. The molecule has 2 unspecified atom stereocenters. The fourth-order valence-corrected chi connectivity index (χ4v) is 3.35. The van der Waals surface area contributed by atoms with Crippen LogP contribution in [-0.4, -0.2) is 42.8 Å². The maximum atomic E-state index is 12.7. The van der Waals surface area contributed by atoms with Crippen LogP contribution < -0.4 is 5.32 Å². The van der Waals surface area contributed by atoms with Gasteiger partial charge in [0.15, 0.2) is 0 Å². The van der Waals surface area contributed by atoms with Crippen LogP contribution in [0, 0.1) is 11.3 Å². The highest BCUT2D eigenvalue weighted by molar-refractivity contribution is 5.84. The van der Waals surface area contributed by atoms with Gasteiger partial charge in [0, 0.05) is 19.8 Å². The summed E-state index contributed by atoms with van der Waals surface area (Å²) in [5.74, 6) is 0.853. The topological polar surface area (TPSA) is 41.6 Å². The van der Waals surface area contributed by atoms with Gasteiger partial charge in [0.2, 0.25) is 5.91 Å². The second kappa shape index (κ2) is 6.44. The molecule has 2 fully saturated rings. The molecule has 1 amide bonds. The molecule has 2 rings (SSSR count). The Balaban J connectivity index is 2.03. The van der Waals surface area contributed by atoms with Gasteiger partial charge in [-0.2, -0.15) is 0 Å². The Hall–Kier alpha value is -0.610. The zero-order valence-electron chi connectivity index (χ0n) is 13.4. The Morgan fingerprint density at radius 3 is 2.60 bits per heavy atom. The molecule has 20 heavy (non-hydrogen) atoms. The Bertz CT molecular complexity index is 337. The molecule has 0 saturated carbocycles. The smallest absolute Gasteiger partial charge is 0.241 e. The van der Waals surface area contributed by atoms with Crippen molar-refractivity contribution in [2.45, 2.75) is 65.6 Å². The summed E-state index contributed by atoms with van der Waals surface area (Å²) in [4.78, 5) is 14.8. The van der Waals surface area contributed by atoms with Gasteiger partial charge in [-0.25, -0.2) is 0 Å². The predicted octanol–water partition coefficient (Wildman–Crippen LogP) is 2.39. The molecular formula is C16H30N2O2. The molecule has 2 atom stereocenters. The third-order valence-electron chi connectivity index (χ3n) is 4.70. The summed E-state index contributed by atoms with van der Waals surface area (Å²) in [7, 11) is 0. The van der Waals surface area contributed by atoms with E-state index in [0.717, 1.165) is 45.4 Å². The van der Waals surface area contributed by atoms with Crippen molar-refractivity contribution < 1.29 is 9.53 Å². The zero-order valence-corrected chi connectivity index (χ0v) is 13.4. The van der Waals surface area contributed by atoms with Crippen molar-refractivity contribution >= 4 is 5.91 Å². The van der Waals surface area contributed by atoms with Crippen molar-refractivity contribution in [1.82, 2.24) is 10.2 Å². The van der Waals surface area contributed by atoms with Gasteiger partial charge in [0.25, 0.3) is 0 Å². The standard InChI is InChI=1S/C16H30N2O2/c1-5-14-17-13(10-12(2)3)15(19)18(14)11-16(4)6-8-20-9-7-16/h12-14,17H,5-11H2,1-4H3. The van der Waals surface area contributed by atoms with Crippen molar-refractivity contribution in [1.29, 1.82) is 0 Å². The molecular weight excluding hydrogens is 252 g/mol. The highest BCUT2D eigenvalue weighted by Crippen LogP contribution is 2.33. The van der Waals surface area contributed by atoms with E-state index in [1.165, 1.54) is 0 Å². The van der Waals surface area contributed by atoms with E-state index in [4.69, 9.17) is 4.74 Å². The predicted molar refractivity (Wildman–Crippen MR) is 80.3 cm³/mol. The van der Waals surface area contributed by atoms with Crippen LogP contribution in [0.25, 0.3) is 0 Å². The van der Waals surface area contributed by atoms with Gasteiger partial charge in [0.05, 0.1) is 12.2 Å². The highest BCUT2D eigenvalue weighted by atomic mass is 16.5. The number of nitrogens with zero attached hydrogens (tertiary/aromatic N) is 1. The summed E-state index contributed by atoms with van der Waals surface area (Å²) in [5, 5.41) is 3.52. The molecule has 2 aliphatic heterocycles. The summed E-state index contributed by atoms with van der Waals surface area (Å²) < 4.78 is 5.46. The Morgan fingerprint density at radius 1 is 1.40 bits per heavy atom. The van der Waals surface area contributed by atoms with Crippen LogP contribution in [0.2, 0.25) is 0 Å². The summed E-state index contributed by atoms with van der Waals surface area (Å²) in [6, 6.07) is 0.0170. The molecule has 2 heterocycles. The van der Waals surface area contributed by atoms with Gasteiger partial charge in [-0.1, -0.05) is 27.7 Å². The average molecular weight is 282 g/mol. The molecule has 4 heteroatoms. The molecule has 2 saturated heterocycles. The van der Waals surface area contributed by atoms with E-state index in [9.17, 15) is 4.79 Å². The van der Waals surface area contributed by atoms with E-state index < -0.39 is 0 Å². The number of carbonyl (C=O) groups is 1. The van der Waals surface area contributed by atoms with E-state index in [0.29, 0.717) is 11.8 Å². The summed E-state index contributed by atoms with van der Waals surface area (Å²) in [5.41, 5.74) is 0.218. The summed E-state index contributed by atoms with van der Waals surface area (Å²) in [6.45, 7) is 11.3. The Kier molecular flexibility index (Phi) is 5.08. The average Bonchev–Trinajstić information content (AvgIpc) is 2.67. The van der Waals surface area contributed by atoms with Gasteiger partial charge in [0.1, 0.15) is 0 Å². The number of rotatable bonds is 5. The van der Waals surface area contributed by atoms with Crippen LogP contribution in [0.4, 0.5) is 0 Å². The van der Waals surface area contributed by atoms with Crippen LogP contribution in [0.1, 0.15) is 53.4 Å². The lowest BCUT2D eigenvalue weighted by Gasteiger charge is -2.38. The van der Waals surface area contributed by atoms with Crippen LogP contribution in [0.5, 0.6) is 0 Å². The first-order valence-electron chi connectivity index (χ1n) is 8.09. The molecule has 116 valence electrons. The number of hydrogen-bond acceptors (Lipinski definition) is 3. The SMILES string of the molecule is CCC1NC(CC(C)C)C(=O)N1CC1(C)CCOCC1. The zero-order chi connectivity index (χ0) is 14.8. The van der Waals surface area contributed by atoms with Crippen molar-refractivity contribution in [2.24, 2.45) is 11.3 Å². The first-order valence-corrected chi connectivity index (χ1v) is 8.09. The number of hydrogen-bond donors (Lipinski definition) is 1. The third-order valence-corrected chi connectivity index (χ3v) is 4.70. The molecule has 0 aromatic carbocycles. The molecule has 2 aliphatic rings. The van der Waals surface area contributed by atoms with Gasteiger partial charge < -0.3 is 9.64 Å². The fourth-order valence-electron chi connectivity index (χ4n) is 3.35. The highest BCUT2D eigenvalue weighted by Gasteiger charge is 2.41. The van der Waals surface area contributed by atoms with Crippen LogP contribution in [0.15, 0.2) is 0 Å². The second-order valence-corrected chi connectivity index (χ2v) is 7.16. The lowest BCUT2D eigenvalue weighted by molar-refractivity contribution is -0.132. The number of amides is 1. The fraction of sp³-hybridized carbons (Fsp3) is 0.938. The van der Waals surface area contributed by atoms with E-state index in [1.54, 1.807) is 0 Å². The van der Waals surface area contributed by atoms with E-state index in [1.807, 2.05) is 0 Å². The lowest BCUT2D eigenvalue weighted by Crippen LogP contribution is -2.45. The van der Waals surface area contributed by atoms with Crippen molar-refractivity contribution in [3.05, 3.63) is 0 Å². The molecule has 0 radical (unpaired) electrons. The van der Waals surface area contributed by atoms with Crippen molar-refractivity contribution in [3.63, 3.8) is 0 Å². The van der Waals surface area contributed by atoms with Gasteiger partial charge in [-0.05, 0) is 37.0 Å². The Labute approximate surface area is 123 Å². The minimum absolute atomic E-state index is 0.0170. The number of carbonyl (C=O) groups excluding carboxylic acids is 1. The van der Waals surface area contributed by atoms with Gasteiger partial charge in [-0.3, -0.25) is 10.1 Å². The maximum Gasteiger partial charge on any atom is 0.241 e. The van der Waals surface area contributed by atoms with Crippen LogP contribution >= 0.6 is 0 Å². The van der Waals surface area contributed by atoms with Crippen molar-refractivity contribution in [3.8, 4) is 0 Å². The van der Waals surface area contributed by atoms with E-state index in [2.05, 4.69) is 37.9 Å². The molecule has 0 aromatic rings. The normalized spacial score (nSPS) is 30.2. The van der Waals surface area contributed by atoms with Crippen molar-refractivity contribution in [2.75, 3.05) is 19.8 Å². The molecule has 0 aromatic heterocycles. The van der Waals surface area contributed by atoms with Crippen LogP contribution in [-0.2, 0) is 9.53 Å². The third kappa shape index (κ3) is 3.53. The molecule has 0 bridgehead atoms. The van der Waals surface area contributed by atoms with Gasteiger partial charge >= 0.3 is 0 Å². The Morgan fingerprint density at radius 2 is 2.05 bits per heavy atom. The van der Waals surface area contributed by atoms with E-state index >= 15 is 0 Å². The van der Waals surface area contributed by atoms with E-state index in [-0.39, 0.29) is 17.6 Å². The largest absolute Gasteiger partial charge is 0.381 e.